The molecule has 1 aromatic heterocycles. The summed E-state index contributed by atoms with van der Waals surface area (Å²) in [6.45, 7) is 5.25. The third-order valence-electron chi connectivity index (χ3n) is 6.13. The van der Waals surface area contributed by atoms with Crippen LogP contribution >= 0.6 is 0 Å². The molecule has 2 aliphatic rings. The van der Waals surface area contributed by atoms with E-state index in [1.54, 1.807) is 18.0 Å². The van der Waals surface area contributed by atoms with Crippen LogP contribution in [0.15, 0.2) is 36.5 Å². The summed E-state index contributed by atoms with van der Waals surface area (Å²) >= 11 is 0. The van der Waals surface area contributed by atoms with Gasteiger partial charge in [0.25, 0.3) is 5.91 Å². The van der Waals surface area contributed by atoms with Crippen LogP contribution in [-0.4, -0.2) is 65.5 Å². The highest BCUT2D eigenvalue weighted by atomic mass is 16.6. The van der Waals surface area contributed by atoms with Crippen LogP contribution in [0.3, 0.4) is 0 Å². The van der Waals surface area contributed by atoms with Gasteiger partial charge in [-0.05, 0) is 57.8 Å². The highest BCUT2D eigenvalue weighted by molar-refractivity contribution is 5.95. The van der Waals surface area contributed by atoms with Crippen LogP contribution in [0.4, 0.5) is 4.79 Å². The highest BCUT2D eigenvalue weighted by Crippen LogP contribution is 2.30. The third-order valence-corrected chi connectivity index (χ3v) is 6.13. The second-order valence-electron chi connectivity index (χ2n) is 8.15. The molecule has 8 heteroatoms. The maximum atomic E-state index is 13.3. The first-order chi connectivity index (χ1) is 15.2. The Morgan fingerprint density at radius 1 is 1.13 bits per heavy atom. The van der Waals surface area contributed by atoms with Crippen LogP contribution in [0, 0.1) is 0 Å². The number of likely N-dealkylation sites (tertiary alicyclic amines) is 1. The van der Waals surface area contributed by atoms with Crippen molar-refractivity contribution < 1.29 is 14.3 Å². The lowest BCUT2D eigenvalue weighted by Crippen LogP contribution is -2.46. The van der Waals surface area contributed by atoms with Gasteiger partial charge in [0.1, 0.15) is 0 Å². The highest BCUT2D eigenvalue weighted by Gasteiger charge is 2.29. The fraction of sp³-hybridized carbons (Fsp3) is 0.522. The number of nitrogens with one attached hydrogen (secondary N) is 2. The Morgan fingerprint density at radius 3 is 2.52 bits per heavy atom. The topological polar surface area (TPSA) is 88.5 Å². The van der Waals surface area contributed by atoms with Gasteiger partial charge >= 0.3 is 6.09 Å². The second kappa shape index (κ2) is 9.96. The average molecular weight is 426 g/mol. The first-order valence-corrected chi connectivity index (χ1v) is 11.2. The number of aromatic nitrogens is 2. The molecule has 2 saturated heterocycles. The zero-order valence-corrected chi connectivity index (χ0v) is 18.0. The lowest BCUT2D eigenvalue weighted by molar-refractivity contribution is 0.0859. The summed E-state index contributed by atoms with van der Waals surface area (Å²) in [7, 11) is 0. The number of hydrogen-bond acceptors (Lipinski definition) is 5. The molecule has 1 aromatic carbocycles. The molecule has 166 valence electrons. The molecule has 2 N–H and O–H groups in total. The summed E-state index contributed by atoms with van der Waals surface area (Å²) in [6, 6.07) is 10.0. The molecule has 4 rings (SSSR count). The van der Waals surface area contributed by atoms with E-state index in [4.69, 9.17) is 4.74 Å². The van der Waals surface area contributed by atoms with Gasteiger partial charge in [0, 0.05) is 25.0 Å². The molecule has 0 radical (unpaired) electrons. The van der Waals surface area contributed by atoms with Crippen LogP contribution in [0.25, 0.3) is 5.69 Å². The molecule has 3 heterocycles. The van der Waals surface area contributed by atoms with Gasteiger partial charge < -0.3 is 20.3 Å². The molecular weight excluding hydrogens is 394 g/mol. The van der Waals surface area contributed by atoms with E-state index in [0.717, 1.165) is 50.2 Å². The fourth-order valence-electron chi connectivity index (χ4n) is 4.48. The Balaban J connectivity index is 1.49. The Labute approximate surface area is 182 Å². The first kappa shape index (κ1) is 21.4. The van der Waals surface area contributed by atoms with E-state index in [0.29, 0.717) is 25.3 Å². The minimum Gasteiger partial charge on any atom is -0.450 e. The van der Waals surface area contributed by atoms with Crippen LogP contribution in [0.5, 0.6) is 0 Å². The van der Waals surface area contributed by atoms with E-state index in [2.05, 4.69) is 15.7 Å². The second-order valence-corrected chi connectivity index (χ2v) is 8.15. The minimum atomic E-state index is -0.274. The Morgan fingerprint density at radius 2 is 1.84 bits per heavy atom. The number of nitrogens with zero attached hydrogens (tertiary/aromatic N) is 3. The number of carbonyl (C=O) groups is 2. The predicted octanol–water partition coefficient (Wildman–Crippen LogP) is 2.69. The monoisotopic (exact) mass is 425 g/mol. The molecule has 0 unspecified atom stereocenters. The van der Waals surface area contributed by atoms with Gasteiger partial charge in [0.15, 0.2) is 0 Å². The van der Waals surface area contributed by atoms with Gasteiger partial charge in [-0.25, -0.2) is 9.48 Å². The van der Waals surface area contributed by atoms with E-state index in [1.807, 2.05) is 35.0 Å². The minimum absolute atomic E-state index is 0.0409. The molecule has 0 atom stereocenters. The van der Waals surface area contributed by atoms with Crippen molar-refractivity contribution in [3.63, 3.8) is 0 Å². The maximum Gasteiger partial charge on any atom is 0.409 e. The van der Waals surface area contributed by atoms with Crippen molar-refractivity contribution in [2.45, 2.75) is 44.6 Å². The Hall–Kier alpha value is -2.87. The third kappa shape index (κ3) is 4.90. The lowest BCUT2D eigenvalue weighted by atomic mass is 9.91. The maximum absolute atomic E-state index is 13.3. The Kier molecular flexibility index (Phi) is 6.86. The smallest absolute Gasteiger partial charge is 0.409 e. The lowest BCUT2D eigenvalue weighted by Gasteiger charge is -2.31. The average Bonchev–Trinajstić information content (AvgIpc) is 3.26. The van der Waals surface area contributed by atoms with Crippen molar-refractivity contribution in [3.8, 4) is 5.69 Å². The summed E-state index contributed by atoms with van der Waals surface area (Å²) in [6.07, 6.45) is 4.84. The van der Waals surface area contributed by atoms with Gasteiger partial charge in [-0.3, -0.25) is 4.79 Å². The first-order valence-electron chi connectivity index (χ1n) is 11.2. The number of hydrogen-bond donors (Lipinski definition) is 2. The van der Waals surface area contributed by atoms with Crippen molar-refractivity contribution >= 4 is 12.0 Å². The fourth-order valence-corrected chi connectivity index (χ4v) is 4.48. The zero-order chi connectivity index (χ0) is 21.6. The van der Waals surface area contributed by atoms with Gasteiger partial charge in [-0.2, -0.15) is 5.10 Å². The largest absolute Gasteiger partial charge is 0.450 e. The number of amides is 2. The molecule has 2 aliphatic heterocycles. The summed E-state index contributed by atoms with van der Waals surface area (Å²) in [5.74, 6) is 0.209. The molecule has 31 heavy (non-hydrogen) atoms. The number of carbonyl (C=O) groups excluding carboxylic acids is 2. The van der Waals surface area contributed by atoms with Crippen molar-refractivity contribution in [2.24, 2.45) is 0 Å². The van der Waals surface area contributed by atoms with Gasteiger partial charge in [-0.15, -0.1) is 0 Å². The van der Waals surface area contributed by atoms with Gasteiger partial charge in [0.2, 0.25) is 0 Å². The molecule has 0 spiro atoms. The summed E-state index contributed by atoms with van der Waals surface area (Å²) in [5.41, 5.74) is 2.62. The normalized spacial score (nSPS) is 18.0. The van der Waals surface area contributed by atoms with Crippen molar-refractivity contribution in [1.82, 2.24) is 25.3 Å². The van der Waals surface area contributed by atoms with Gasteiger partial charge in [0.05, 0.1) is 29.7 Å². The van der Waals surface area contributed by atoms with E-state index >= 15 is 0 Å². The van der Waals surface area contributed by atoms with Crippen LogP contribution in [0.1, 0.15) is 54.6 Å². The zero-order valence-electron chi connectivity index (χ0n) is 18.0. The van der Waals surface area contributed by atoms with Crippen molar-refractivity contribution in [1.29, 1.82) is 0 Å². The number of benzene rings is 1. The predicted molar refractivity (Wildman–Crippen MR) is 117 cm³/mol. The number of piperidine rings is 2. The van der Waals surface area contributed by atoms with E-state index in [1.165, 1.54) is 0 Å². The van der Waals surface area contributed by atoms with Crippen LogP contribution in [0.2, 0.25) is 0 Å². The number of para-hydroxylation sites is 1. The molecular formula is C23H31N5O3. The molecule has 2 fully saturated rings. The van der Waals surface area contributed by atoms with Gasteiger partial charge in [-0.1, -0.05) is 18.2 Å². The summed E-state index contributed by atoms with van der Waals surface area (Å²) in [5, 5.41) is 11.2. The van der Waals surface area contributed by atoms with Crippen molar-refractivity contribution in [3.05, 3.63) is 47.8 Å². The molecule has 0 saturated carbocycles. The molecule has 8 nitrogen and oxygen atoms in total. The quantitative estimate of drug-likeness (QED) is 0.769. The van der Waals surface area contributed by atoms with E-state index < -0.39 is 0 Å². The molecule has 0 bridgehead atoms. The van der Waals surface area contributed by atoms with Crippen LogP contribution < -0.4 is 10.6 Å². The van der Waals surface area contributed by atoms with E-state index in [-0.39, 0.29) is 24.0 Å². The molecule has 0 aliphatic carbocycles. The summed E-state index contributed by atoms with van der Waals surface area (Å²) in [4.78, 5) is 26.9. The standard InChI is InChI=1S/C23H31N5O3/c1-2-31-23(30)27-14-10-18(11-15-27)26-22(29)20-16-25-28(19-6-4-3-5-7-19)21(20)17-8-12-24-13-9-17/h3-7,16-18,24H,2,8-15H2,1H3,(H,26,29). The molecule has 2 aromatic rings. The van der Waals surface area contributed by atoms with E-state index in [9.17, 15) is 9.59 Å². The summed E-state index contributed by atoms with van der Waals surface area (Å²) < 4.78 is 7.00. The van der Waals surface area contributed by atoms with Crippen LogP contribution in [-0.2, 0) is 4.74 Å². The van der Waals surface area contributed by atoms with Crippen molar-refractivity contribution in [2.75, 3.05) is 32.8 Å². The SMILES string of the molecule is CCOC(=O)N1CCC(NC(=O)c2cnn(-c3ccccc3)c2C2CCNCC2)CC1. The Bertz CT molecular complexity index is 884. The number of ether oxygens (including phenoxy) is 1. The number of rotatable bonds is 5. The molecule has 2 amide bonds.